The van der Waals surface area contributed by atoms with Crippen molar-refractivity contribution in [3.8, 4) is 17.3 Å². The molecule has 0 saturated carbocycles. The highest BCUT2D eigenvalue weighted by molar-refractivity contribution is 9.13. The third kappa shape index (κ3) is 2.76. The zero-order chi connectivity index (χ0) is 16.7. The quantitative estimate of drug-likeness (QED) is 0.675. The minimum absolute atomic E-state index is 0.00836. The van der Waals surface area contributed by atoms with Crippen molar-refractivity contribution < 1.29 is 23.1 Å². The molecular weight excluding hydrogens is 433 g/mol. The van der Waals surface area contributed by atoms with Crippen LogP contribution in [0.4, 0.5) is 18.0 Å². The first kappa shape index (κ1) is 16.6. The average molecular weight is 438 g/mol. The second-order valence-electron chi connectivity index (χ2n) is 4.13. The number of nitriles is 1. The molecule has 1 aromatic heterocycles. The van der Waals surface area contributed by atoms with Crippen LogP contribution < -0.4 is 0 Å². The molecule has 0 saturated heterocycles. The van der Waals surface area contributed by atoms with E-state index in [1.54, 1.807) is 0 Å². The second-order valence-corrected chi connectivity index (χ2v) is 5.68. The molecular formula is C13H5Br2F3N2O2. The second kappa shape index (κ2) is 5.78. The predicted octanol–water partition coefficient (Wildman–Crippen LogP) is 5.10. The van der Waals surface area contributed by atoms with Crippen LogP contribution in [-0.2, 0) is 6.18 Å². The van der Waals surface area contributed by atoms with Gasteiger partial charge in [0.25, 0.3) is 0 Å². The summed E-state index contributed by atoms with van der Waals surface area (Å²) in [5.41, 5.74) is -0.684. The van der Waals surface area contributed by atoms with E-state index in [9.17, 15) is 28.3 Å². The molecule has 22 heavy (non-hydrogen) atoms. The van der Waals surface area contributed by atoms with E-state index < -0.39 is 17.8 Å². The van der Waals surface area contributed by atoms with Crippen LogP contribution in [0, 0.1) is 11.3 Å². The highest BCUT2D eigenvalue weighted by Crippen LogP contribution is 2.39. The third-order valence-corrected chi connectivity index (χ3v) is 4.90. The fourth-order valence-electron chi connectivity index (χ4n) is 1.89. The Hall–Kier alpha value is -1.79. The largest absolute Gasteiger partial charge is 0.464 e. The molecule has 4 nitrogen and oxygen atoms in total. The Bertz CT molecular complexity index is 790. The molecule has 1 N–H and O–H groups in total. The van der Waals surface area contributed by atoms with Gasteiger partial charge in [0.1, 0.15) is 10.7 Å². The monoisotopic (exact) mass is 436 g/mol. The maximum absolute atomic E-state index is 12.6. The van der Waals surface area contributed by atoms with E-state index in [-0.39, 0.29) is 25.9 Å². The predicted molar refractivity (Wildman–Crippen MR) is 78.4 cm³/mol. The number of benzene rings is 1. The first-order valence-corrected chi connectivity index (χ1v) is 7.17. The highest BCUT2D eigenvalue weighted by Gasteiger charge is 2.31. The summed E-state index contributed by atoms with van der Waals surface area (Å²) in [6, 6.07) is 5.75. The molecule has 0 unspecified atom stereocenters. The van der Waals surface area contributed by atoms with Gasteiger partial charge < -0.3 is 5.11 Å². The fourth-order valence-corrected chi connectivity index (χ4v) is 2.87. The van der Waals surface area contributed by atoms with Crippen molar-refractivity contribution in [3.63, 3.8) is 0 Å². The van der Waals surface area contributed by atoms with Crippen molar-refractivity contribution in [2.45, 2.75) is 6.18 Å². The van der Waals surface area contributed by atoms with Crippen molar-refractivity contribution in [3.05, 3.63) is 44.5 Å². The molecule has 1 aromatic carbocycles. The van der Waals surface area contributed by atoms with Crippen LogP contribution in [0.2, 0.25) is 0 Å². The van der Waals surface area contributed by atoms with Gasteiger partial charge in [0, 0.05) is 5.56 Å². The lowest BCUT2D eigenvalue weighted by Gasteiger charge is -2.09. The van der Waals surface area contributed by atoms with E-state index in [1.807, 2.05) is 6.07 Å². The van der Waals surface area contributed by atoms with Crippen molar-refractivity contribution in [2.75, 3.05) is 0 Å². The fraction of sp³-hybridized carbons (Fsp3) is 0.0769. The van der Waals surface area contributed by atoms with Gasteiger partial charge in [-0.2, -0.15) is 18.4 Å². The number of alkyl halides is 3. The van der Waals surface area contributed by atoms with E-state index in [0.29, 0.717) is 0 Å². The normalized spacial score (nSPS) is 11.3. The molecule has 0 aliphatic rings. The number of hydrogen-bond donors (Lipinski definition) is 1. The maximum atomic E-state index is 12.6. The standard InChI is InChI=1S/C13H5Br2F3N2O2/c14-9-8(5-19)10(20(11(9)15)12(21)22)6-1-3-7(4-2-6)13(16,17)18/h1-4H,(H,21,22). The van der Waals surface area contributed by atoms with Gasteiger partial charge in [-0.3, -0.25) is 0 Å². The number of hydrogen-bond acceptors (Lipinski definition) is 2. The summed E-state index contributed by atoms with van der Waals surface area (Å²) in [5, 5.41) is 18.4. The Labute approximate surface area is 139 Å². The lowest BCUT2D eigenvalue weighted by Crippen LogP contribution is -2.10. The van der Waals surface area contributed by atoms with E-state index in [2.05, 4.69) is 31.9 Å². The van der Waals surface area contributed by atoms with Crippen LogP contribution in [0.3, 0.4) is 0 Å². The van der Waals surface area contributed by atoms with Crippen LogP contribution >= 0.6 is 31.9 Å². The molecule has 2 rings (SSSR count). The topological polar surface area (TPSA) is 66.0 Å². The van der Waals surface area contributed by atoms with Crippen LogP contribution in [0.25, 0.3) is 11.3 Å². The lowest BCUT2D eigenvalue weighted by atomic mass is 10.1. The van der Waals surface area contributed by atoms with Gasteiger partial charge in [-0.25, -0.2) is 9.36 Å². The van der Waals surface area contributed by atoms with Crippen molar-refractivity contribution in [1.29, 1.82) is 5.26 Å². The molecule has 0 fully saturated rings. The molecule has 0 amide bonds. The number of aromatic nitrogens is 1. The minimum atomic E-state index is -4.49. The Morgan fingerprint density at radius 3 is 2.18 bits per heavy atom. The summed E-state index contributed by atoms with van der Waals surface area (Å²) in [6.45, 7) is 0. The first-order valence-electron chi connectivity index (χ1n) is 5.59. The molecule has 114 valence electrons. The Kier molecular flexibility index (Phi) is 4.35. The summed E-state index contributed by atoms with van der Waals surface area (Å²) in [6.07, 6.45) is -5.86. The molecule has 2 aromatic rings. The van der Waals surface area contributed by atoms with Gasteiger partial charge in [0.2, 0.25) is 0 Å². The van der Waals surface area contributed by atoms with Gasteiger partial charge >= 0.3 is 12.3 Å². The van der Waals surface area contributed by atoms with Crippen LogP contribution in [-0.4, -0.2) is 15.8 Å². The van der Waals surface area contributed by atoms with Gasteiger partial charge in [-0.15, -0.1) is 0 Å². The number of carboxylic acid groups (broad SMARTS) is 1. The lowest BCUT2D eigenvalue weighted by molar-refractivity contribution is -0.137. The van der Waals surface area contributed by atoms with Gasteiger partial charge in [0.05, 0.1) is 21.3 Å². The summed E-state index contributed by atoms with van der Waals surface area (Å²) >= 11 is 6.13. The van der Waals surface area contributed by atoms with Gasteiger partial charge in [-0.1, -0.05) is 12.1 Å². The SMILES string of the molecule is N#Cc1c(Br)c(Br)n(C(=O)O)c1-c1ccc(C(F)(F)F)cc1. The number of nitrogens with zero attached hydrogens (tertiary/aromatic N) is 2. The third-order valence-electron chi connectivity index (χ3n) is 2.85. The maximum Gasteiger partial charge on any atom is 0.417 e. The zero-order valence-corrected chi connectivity index (χ0v) is 13.6. The number of carbonyl (C=O) groups is 1. The molecule has 0 bridgehead atoms. The molecule has 0 radical (unpaired) electrons. The molecule has 9 heteroatoms. The Morgan fingerprint density at radius 2 is 1.77 bits per heavy atom. The Balaban J connectivity index is 2.70. The molecule has 0 atom stereocenters. The Morgan fingerprint density at radius 1 is 1.23 bits per heavy atom. The van der Waals surface area contributed by atoms with Crippen molar-refractivity contribution in [1.82, 2.24) is 4.57 Å². The van der Waals surface area contributed by atoms with E-state index in [0.717, 1.165) is 28.8 Å². The van der Waals surface area contributed by atoms with Crippen LogP contribution in [0.5, 0.6) is 0 Å². The van der Waals surface area contributed by atoms with E-state index in [4.69, 9.17) is 0 Å². The van der Waals surface area contributed by atoms with Crippen LogP contribution in [0.15, 0.2) is 33.3 Å². The van der Waals surface area contributed by atoms with Crippen molar-refractivity contribution in [2.24, 2.45) is 0 Å². The first-order chi connectivity index (χ1) is 10.2. The summed E-state index contributed by atoms with van der Waals surface area (Å²) in [4.78, 5) is 11.3. The molecule has 0 aliphatic heterocycles. The van der Waals surface area contributed by atoms with Crippen LogP contribution in [0.1, 0.15) is 11.1 Å². The molecule has 0 spiro atoms. The summed E-state index contributed by atoms with van der Waals surface area (Å²) in [5.74, 6) is 0. The number of rotatable bonds is 1. The van der Waals surface area contributed by atoms with E-state index in [1.165, 1.54) is 0 Å². The molecule has 0 aliphatic carbocycles. The van der Waals surface area contributed by atoms with E-state index >= 15 is 0 Å². The smallest absolute Gasteiger partial charge is 0.417 e. The highest BCUT2D eigenvalue weighted by atomic mass is 79.9. The van der Waals surface area contributed by atoms with Gasteiger partial charge in [-0.05, 0) is 44.0 Å². The van der Waals surface area contributed by atoms with Crippen molar-refractivity contribution >= 4 is 38.0 Å². The molecule has 1 heterocycles. The summed E-state index contributed by atoms with van der Waals surface area (Å²) in [7, 11) is 0. The number of halogens is 5. The summed E-state index contributed by atoms with van der Waals surface area (Å²) < 4.78 is 38.8. The van der Waals surface area contributed by atoms with Gasteiger partial charge in [0.15, 0.2) is 0 Å². The minimum Gasteiger partial charge on any atom is -0.464 e. The average Bonchev–Trinajstić information content (AvgIpc) is 2.70. The zero-order valence-electron chi connectivity index (χ0n) is 10.4.